The van der Waals surface area contributed by atoms with Crippen molar-refractivity contribution >= 4 is 0 Å². The van der Waals surface area contributed by atoms with Gasteiger partial charge < -0.3 is 5.73 Å². The maximum Gasteiger partial charge on any atom is 0.114 e. The van der Waals surface area contributed by atoms with Gasteiger partial charge in [-0.1, -0.05) is 13.8 Å². The van der Waals surface area contributed by atoms with Crippen molar-refractivity contribution in [3.63, 3.8) is 0 Å². The van der Waals surface area contributed by atoms with Gasteiger partial charge >= 0.3 is 0 Å². The zero-order valence-electron chi connectivity index (χ0n) is 6.88. The Morgan fingerprint density at radius 3 is 1.80 bits per heavy atom. The zero-order chi connectivity index (χ0) is 7.56. The topological polar surface area (TPSA) is 32.5 Å². The number of likely N-dealkylation sites (N-methyl/N-ethyl adjacent to an activating group) is 2. The quantitative estimate of drug-likeness (QED) is 0.585. The first-order valence-electron chi connectivity index (χ1n) is 4.03. The number of hydrogen-bond acceptors (Lipinski definition) is 3. The first kappa shape index (κ1) is 7.98. The van der Waals surface area contributed by atoms with Crippen molar-refractivity contribution in [2.75, 3.05) is 26.2 Å². The molecule has 1 rings (SSSR count). The molecule has 3 heteroatoms. The highest BCUT2D eigenvalue weighted by Crippen LogP contribution is 2.07. The zero-order valence-corrected chi connectivity index (χ0v) is 6.88. The second-order valence-corrected chi connectivity index (χ2v) is 2.67. The van der Waals surface area contributed by atoms with Gasteiger partial charge in [-0.25, -0.2) is 0 Å². The molecule has 0 bridgehead atoms. The second-order valence-electron chi connectivity index (χ2n) is 2.67. The van der Waals surface area contributed by atoms with Gasteiger partial charge in [0.1, 0.15) is 6.29 Å². The van der Waals surface area contributed by atoms with Crippen LogP contribution >= 0.6 is 0 Å². The van der Waals surface area contributed by atoms with Crippen LogP contribution in [0.25, 0.3) is 0 Å². The van der Waals surface area contributed by atoms with Crippen LogP contribution < -0.4 is 5.73 Å². The summed E-state index contributed by atoms with van der Waals surface area (Å²) in [4.78, 5) is 4.56. The Bertz CT molecular complexity index is 93.0. The van der Waals surface area contributed by atoms with Crippen LogP contribution in [0.2, 0.25) is 0 Å². The van der Waals surface area contributed by atoms with E-state index in [9.17, 15) is 0 Å². The van der Waals surface area contributed by atoms with Gasteiger partial charge in [-0.15, -0.1) is 0 Å². The summed E-state index contributed by atoms with van der Waals surface area (Å²) < 4.78 is 0. The lowest BCUT2D eigenvalue weighted by molar-refractivity contribution is 0.153. The fourth-order valence-electron chi connectivity index (χ4n) is 1.44. The van der Waals surface area contributed by atoms with E-state index in [1.165, 1.54) is 0 Å². The largest absolute Gasteiger partial charge is 0.303 e. The van der Waals surface area contributed by atoms with Crippen molar-refractivity contribution < 1.29 is 0 Å². The molecule has 1 aliphatic heterocycles. The Kier molecular flexibility index (Phi) is 2.65. The van der Waals surface area contributed by atoms with Crippen LogP contribution in [0.15, 0.2) is 0 Å². The Balaban J connectivity index is 2.41. The highest BCUT2D eigenvalue weighted by atomic mass is 15.5. The molecule has 0 radical (unpaired) electrons. The Labute approximate surface area is 62.8 Å². The molecule has 0 amide bonds. The highest BCUT2D eigenvalue weighted by molar-refractivity contribution is 4.75. The van der Waals surface area contributed by atoms with Crippen LogP contribution in [-0.2, 0) is 0 Å². The molecule has 2 N–H and O–H groups in total. The highest BCUT2D eigenvalue weighted by Gasteiger charge is 2.25. The summed E-state index contributed by atoms with van der Waals surface area (Å²) in [6.07, 6.45) is 0.176. The lowest BCUT2D eigenvalue weighted by atomic mass is 10.6. The summed E-state index contributed by atoms with van der Waals surface area (Å²) >= 11 is 0. The van der Waals surface area contributed by atoms with Crippen molar-refractivity contribution in [3.8, 4) is 0 Å². The summed E-state index contributed by atoms with van der Waals surface area (Å²) in [6, 6.07) is 0. The molecule has 1 fully saturated rings. The van der Waals surface area contributed by atoms with E-state index in [-0.39, 0.29) is 6.29 Å². The minimum Gasteiger partial charge on any atom is -0.303 e. The predicted molar refractivity (Wildman–Crippen MR) is 42.5 cm³/mol. The van der Waals surface area contributed by atoms with E-state index in [1.54, 1.807) is 0 Å². The van der Waals surface area contributed by atoms with E-state index in [4.69, 9.17) is 5.73 Å². The van der Waals surface area contributed by atoms with E-state index in [1.807, 2.05) is 0 Å². The Hall–Kier alpha value is -0.120. The average Bonchev–Trinajstić information content (AvgIpc) is 2.30. The molecule has 0 aromatic carbocycles. The van der Waals surface area contributed by atoms with E-state index in [0.29, 0.717) is 0 Å². The van der Waals surface area contributed by atoms with Crippen LogP contribution in [0.4, 0.5) is 0 Å². The van der Waals surface area contributed by atoms with Gasteiger partial charge in [0, 0.05) is 13.1 Å². The average molecular weight is 143 g/mol. The molecule has 1 aliphatic rings. The van der Waals surface area contributed by atoms with Crippen LogP contribution in [-0.4, -0.2) is 42.3 Å². The normalized spacial score (nSPS) is 24.3. The molecular weight excluding hydrogens is 126 g/mol. The number of hydrogen-bond donors (Lipinski definition) is 1. The molecule has 0 aromatic rings. The van der Waals surface area contributed by atoms with E-state index >= 15 is 0 Å². The SMILES string of the molecule is CCN1CCN(CC)C1N. The summed E-state index contributed by atoms with van der Waals surface area (Å²) in [5.41, 5.74) is 5.90. The third kappa shape index (κ3) is 1.31. The first-order valence-corrected chi connectivity index (χ1v) is 4.03. The fraction of sp³-hybridized carbons (Fsp3) is 1.00. The van der Waals surface area contributed by atoms with Crippen LogP contribution in [0.5, 0.6) is 0 Å². The standard InChI is InChI=1S/C7H17N3/c1-3-9-5-6-10(4-2)7(9)8/h7H,3-6,8H2,1-2H3. The molecule has 1 heterocycles. The van der Waals surface area contributed by atoms with Crippen molar-refractivity contribution in [2.45, 2.75) is 20.1 Å². The first-order chi connectivity index (χ1) is 4.79. The van der Waals surface area contributed by atoms with Crippen molar-refractivity contribution in [1.29, 1.82) is 0 Å². The summed E-state index contributed by atoms with van der Waals surface area (Å²) in [5.74, 6) is 0. The van der Waals surface area contributed by atoms with E-state index in [0.717, 1.165) is 26.2 Å². The van der Waals surface area contributed by atoms with Gasteiger partial charge in [-0.05, 0) is 13.1 Å². The van der Waals surface area contributed by atoms with Crippen molar-refractivity contribution in [3.05, 3.63) is 0 Å². The molecule has 0 unspecified atom stereocenters. The molecular formula is C7H17N3. The monoisotopic (exact) mass is 143 g/mol. The Morgan fingerprint density at radius 1 is 1.20 bits per heavy atom. The van der Waals surface area contributed by atoms with Gasteiger partial charge in [-0.2, -0.15) is 0 Å². The molecule has 0 atom stereocenters. The molecule has 0 aliphatic carbocycles. The molecule has 0 aromatic heterocycles. The van der Waals surface area contributed by atoms with Gasteiger partial charge in [0.05, 0.1) is 0 Å². The van der Waals surface area contributed by atoms with Crippen LogP contribution in [0.3, 0.4) is 0 Å². The Morgan fingerprint density at radius 2 is 1.60 bits per heavy atom. The number of rotatable bonds is 2. The lowest BCUT2D eigenvalue weighted by Gasteiger charge is -2.24. The molecule has 60 valence electrons. The molecule has 3 nitrogen and oxygen atoms in total. The maximum atomic E-state index is 5.90. The minimum absolute atomic E-state index is 0.176. The van der Waals surface area contributed by atoms with E-state index in [2.05, 4.69) is 23.6 Å². The van der Waals surface area contributed by atoms with Gasteiger partial charge in [-0.3, -0.25) is 9.80 Å². The van der Waals surface area contributed by atoms with E-state index < -0.39 is 0 Å². The smallest absolute Gasteiger partial charge is 0.114 e. The summed E-state index contributed by atoms with van der Waals surface area (Å²) in [7, 11) is 0. The molecule has 0 saturated carbocycles. The minimum atomic E-state index is 0.176. The molecule has 10 heavy (non-hydrogen) atoms. The second kappa shape index (κ2) is 3.32. The molecule has 0 spiro atoms. The van der Waals surface area contributed by atoms with Gasteiger partial charge in [0.15, 0.2) is 0 Å². The van der Waals surface area contributed by atoms with Gasteiger partial charge in [0.25, 0.3) is 0 Å². The predicted octanol–water partition coefficient (Wildman–Crippen LogP) is -0.114. The maximum absolute atomic E-state index is 5.90. The van der Waals surface area contributed by atoms with Crippen LogP contribution in [0.1, 0.15) is 13.8 Å². The third-order valence-electron chi connectivity index (χ3n) is 2.24. The van der Waals surface area contributed by atoms with Crippen molar-refractivity contribution in [1.82, 2.24) is 9.80 Å². The van der Waals surface area contributed by atoms with Crippen molar-refractivity contribution in [2.24, 2.45) is 5.73 Å². The lowest BCUT2D eigenvalue weighted by Crippen LogP contribution is -2.45. The molecule has 1 saturated heterocycles. The van der Waals surface area contributed by atoms with Crippen LogP contribution in [0, 0.1) is 0 Å². The third-order valence-corrected chi connectivity index (χ3v) is 2.24. The van der Waals surface area contributed by atoms with Gasteiger partial charge in [0.2, 0.25) is 0 Å². The number of nitrogens with two attached hydrogens (primary N) is 1. The number of nitrogens with zero attached hydrogens (tertiary/aromatic N) is 2. The fourth-order valence-corrected chi connectivity index (χ4v) is 1.44. The summed E-state index contributed by atoms with van der Waals surface area (Å²) in [6.45, 7) is 8.70. The summed E-state index contributed by atoms with van der Waals surface area (Å²) in [5, 5.41) is 0.